The summed E-state index contributed by atoms with van der Waals surface area (Å²) in [6.45, 7) is 0. The van der Waals surface area contributed by atoms with Gasteiger partial charge in [0, 0.05) is 16.8 Å². The quantitative estimate of drug-likeness (QED) is 0.417. The molecule has 0 aromatic heterocycles. The molecule has 0 amide bonds. The summed E-state index contributed by atoms with van der Waals surface area (Å²) < 4.78 is 0. The van der Waals surface area contributed by atoms with Crippen molar-refractivity contribution in [3.8, 4) is 0 Å². The minimum absolute atomic E-state index is 0.252. The lowest BCUT2D eigenvalue weighted by molar-refractivity contribution is 1.29. The summed E-state index contributed by atoms with van der Waals surface area (Å²) >= 11 is 0. The van der Waals surface area contributed by atoms with Gasteiger partial charge >= 0.3 is 0 Å². The van der Waals surface area contributed by atoms with Gasteiger partial charge in [-0.05, 0) is 18.2 Å². The first kappa shape index (κ1) is 6.84. The third-order valence-corrected chi connectivity index (χ3v) is 1.83. The largest absolute Gasteiger partial charge is 0.399 e. The number of benzene rings is 1. The predicted octanol–water partition coefficient (Wildman–Crippen LogP) is 0.523. The standard InChI is InChI=1S/C8H8N4/c9-4-1-2-5-6(3-4)8(11)12-7(5)10/h1-3H,9H2,(H3,10,11,12). The molecule has 5 N–H and O–H groups in total. The van der Waals surface area contributed by atoms with Gasteiger partial charge in [0.25, 0.3) is 0 Å². The maximum absolute atomic E-state index is 7.45. The fraction of sp³-hybridized carbons (Fsp3) is 0. The van der Waals surface area contributed by atoms with E-state index >= 15 is 0 Å². The molecule has 2 rings (SSSR count). The maximum Gasteiger partial charge on any atom is 0.131 e. The molecule has 0 unspecified atom stereocenters. The summed E-state index contributed by atoms with van der Waals surface area (Å²) in [5.41, 5.74) is 7.62. The highest BCUT2D eigenvalue weighted by Crippen LogP contribution is 2.17. The average molecular weight is 160 g/mol. The van der Waals surface area contributed by atoms with Gasteiger partial charge in [-0.15, -0.1) is 0 Å². The number of anilines is 1. The number of nitrogen functional groups attached to an aromatic ring is 1. The Morgan fingerprint density at radius 3 is 2.50 bits per heavy atom. The molecule has 1 aliphatic heterocycles. The molecular formula is C8H8N4. The second-order valence-corrected chi connectivity index (χ2v) is 2.68. The van der Waals surface area contributed by atoms with E-state index in [-0.39, 0.29) is 11.7 Å². The van der Waals surface area contributed by atoms with Crippen LogP contribution in [0.2, 0.25) is 0 Å². The summed E-state index contributed by atoms with van der Waals surface area (Å²) in [7, 11) is 0. The summed E-state index contributed by atoms with van der Waals surface area (Å²) in [6.07, 6.45) is 0. The minimum Gasteiger partial charge on any atom is -0.399 e. The summed E-state index contributed by atoms with van der Waals surface area (Å²) in [6, 6.07) is 5.18. The summed E-state index contributed by atoms with van der Waals surface area (Å²) in [5.74, 6) is 0.525. The van der Waals surface area contributed by atoms with Crippen molar-refractivity contribution < 1.29 is 0 Å². The molecule has 0 saturated heterocycles. The molecule has 12 heavy (non-hydrogen) atoms. The van der Waals surface area contributed by atoms with Gasteiger partial charge < -0.3 is 11.1 Å². The highest BCUT2D eigenvalue weighted by Gasteiger charge is 2.20. The summed E-state index contributed by atoms with van der Waals surface area (Å²) in [5, 5.41) is 17.5. The van der Waals surface area contributed by atoms with Gasteiger partial charge in [0.15, 0.2) is 0 Å². The molecule has 0 radical (unpaired) electrons. The Morgan fingerprint density at radius 2 is 1.75 bits per heavy atom. The van der Waals surface area contributed by atoms with E-state index in [4.69, 9.17) is 16.6 Å². The van der Waals surface area contributed by atoms with Gasteiger partial charge in [0.1, 0.15) is 11.7 Å². The normalized spacial score (nSPS) is 14.3. The van der Waals surface area contributed by atoms with Gasteiger partial charge in [-0.3, -0.25) is 10.8 Å². The van der Waals surface area contributed by atoms with Crippen LogP contribution in [-0.4, -0.2) is 11.7 Å². The Balaban J connectivity index is 2.68. The molecule has 0 atom stereocenters. The molecule has 0 aliphatic carbocycles. The second kappa shape index (κ2) is 2.07. The third kappa shape index (κ3) is 0.780. The van der Waals surface area contributed by atoms with Crippen molar-refractivity contribution in [2.45, 2.75) is 0 Å². The zero-order chi connectivity index (χ0) is 8.72. The molecule has 0 spiro atoms. The predicted molar refractivity (Wildman–Crippen MR) is 47.6 cm³/mol. The smallest absolute Gasteiger partial charge is 0.131 e. The molecule has 1 aliphatic rings. The first-order valence-corrected chi connectivity index (χ1v) is 3.53. The van der Waals surface area contributed by atoms with Crippen LogP contribution in [0.25, 0.3) is 0 Å². The van der Waals surface area contributed by atoms with E-state index < -0.39 is 0 Å². The lowest BCUT2D eigenvalue weighted by atomic mass is 10.1. The van der Waals surface area contributed by atoms with Crippen molar-refractivity contribution in [3.63, 3.8) is 0 Å². The van der Waals surface area contributed by atoms with Crippen LogP contribution in [0.4, 0.5) is 5.69 Å². The van der Waals surface area contributed by atoms with Crippen LogP contribution >= 0.6 is 0 Å². The van der Waals surface area contributed by atoms with Crippen LogP contribution in [0.15, 0.2) is 18.2 Å². The van der Waals surface area contributed by atoms with E-state index in [0.29, 0.717) is 11.3 Å². The van der Waals surface area contributed by atoms with Gasteiger partial charge in [-0.1, -0.05) is 0 Å². The van der Waals surface area contributed by atoms with Crippen molar-refractivity contribution in [3.05, 3.63) is 29.3 Å². The van der Waals surface area contributed by atoms with Crippen molar-refractivity contribution in [2.24, 2.45) is 0 Å². The van der Waals surface area contributed by atoms with Crippen molar-refractivity contribution >= 4 is 17.4 Å². The van der Waals surface area contributed by atoms with E-state index in [2.05, 4.69) is 5.32 Å². The number of hydrogen-bond acceptors (Lipinski definition) is 3. The minimum atomic E-state index is 0.252. The van der Waals surface area contributed by atoms with Gasteiger partial charge in [0.2, 0.25) is 0 Å². The molecule has 1 aromatic carbocycles. The van der Waals surface area contributed by atoms with E-state index in [1.54, 1.807) is 18.2 Å². The van der Waals surface area contributed by atoms with E-state index in [1.165, 1.54) is 0 Å². The van der Waals surface area contributed by atoms with Crippen molar-refractivity contribution in [1.29, 1.82) is 10.8 Å². The SMILES string of the molecule is N=C1NC(=N)c2cc(N)ccc21. The van der Waals surface area contributed by atoms with Crippen LogP contribution in [-0.2, 0) is 0 Å². The molecule has 4 heteroatoms. The molecule has 1 heterocycles. The highest BCUT2D eigenvalue weighted by atomic mass is 15.0. The lowest BCUT2D eigenvalue weighted by Crippen LogP contribution is -2.20. The Bertz CT molecular complexity index is 381. The number of amidine groups is 2. The van der Waals surface area contributed by atoms with Gasteiger partial charge in [-0.25, -0.2) is 0 Å². The highest BCUT2D eigenvalue weighted by molar-refractivity contribution is 6.23. The molecule has 60 valence electrons. The lowest BCUT2D eigenvalue weighted by Gasteiger charge is -1.96. The number of nitrogens with one attached hydrogen (secondary N) is 3. The number of hydrogen-bond donors (Lipinski definition) is 4. The van der Waals surface area contributed by atoms with Crippen LogP contribution < -0.4 is 11.1 Å². The molecular weight excluding hydrogens is 152 g/mol. The Labute approximate surface area is 69.4 Å². The van der Waals surface area contributed by atoms with E-state index in [9.17, 15) is 0 Å². The maximum atomic E-state index is 7.45. The average Bonchev–Trinajstić information content (AvgIpc) is 2.28. The Kier molecular flexibility index (Phi) is 1.18. The van der Waals surface area contributed by atoms with Crippen LogP contribution in [0.3, 0.4) is 0 Å². The third-order valence-electron chi connectivity index (χ3n) is 1.83. The van der Waals surface area contributed by atoms with Crippen molar-refractivity contribution in [2.75, 3.05) is 5.73 Å². The van der Waals surface area contributed by atoms with Crippen LogP contribution in [0.1, 0.15) is 11.1 Å². The topological polar surface area (TPSA) is 85.8 Å². The van der Waals surface area contributed by atoms with Gasteiger partial charge in [0.05, 0.1) is 0 Å². The number of rotatable bonds is 0. The van der Waals surface area contributed by atoms with Crippen LogP contribution in [0.5, 0.6) is 0 Å². The van der Waals surface area contributed by atoms with Crippen LogP contribution in [0, 0.1) is 10.8 Å². The van der Waals surface area contributed by atoms with Crippen molar-refractivity contribution in [1.82, 2.24) is 5.32 Å². The Morgan fingerprint density at radius 1 is 1.08 bits per heavy atom. The van der Waals surface area contributed by atoms with Gasteiger partial charge in [-0.2, -0.15) is 0 Å². The monoisotopic (exact) mass is 160 g/mol. The zero-order valence-electron chi connectivity index (χ0n) is 6.31. The fourth-order valence-corrected chi connectivity index (χ4v) is 1.25. The van der Waals surface area contributed by atoms with E-state index in [0.717, 1.165) is 5.56 Å². The number of nitrogens with two attached hydrogens (primary N) is 1. The molecule has 0 fully saturated rings. The first-order valence-electron chi connectivity index (χ1n) is 3.53. The van der Waals surface area contributed by atoms with E-state index in [1.807, 2.05) is 0 Å². The molecule has 0 bridgehead atoms. The second-order valence-electron chi connectivity index (χ2n) is 2.68. The Hall–Kier alpha value is -1.84. The fourth-order valence-electron chi connectivity index (χ4n) is 1.25. The summed E-state index contributed by atoms with van der Waals surface area (Å²) in [4.78, 5) is 0. The molecule has 1 aromatic rings. The number of fused-ring (bicyclic) bond motifs is 1. The first-order chi connectivity index (χ1) is 5.68. The zero-order valence-corrected chi connectivity index (χ0v) is 6.31. The molecule has 0 saturated carbocycles. The molecule has 4 nitrogen and oxygen atoms in total.